The van der Waals surface area contributed by atoms with Crippen LogP contribution in [0.2, 0.25) is 0 Å². The summed E-state index contributed by atoms with van der Waals surface area (Å²) < 4.78 is 4.91. The molecule has 1 aromatic heterocycles. The number of thioether (sulfide) groups is 1. The molecule has 0 unspecified atom stereocenters. The van der Waals surface area contributed by atoms with Crippen LogP contribution in [0.4, 0.5) is 0 Å². The van der Waals surface area contributed by atoms with Crippen LogP contribution in [0.25, 0.3) is 0 Å². The van der Waals surface area contributed by atoms with Gasteiger partial charge in [0.2, 0.25) is 0 Å². The minimum Gasteiger partial charge on any atom is -0.461 e. The van der Waals surface area contributed by atoms with E-state index in [1.54, 1.807) is 18.7 Å². The molecule has 106 valence electrons. The van der Waals surface area contributed by atoms with Crippen LogP contribution in [-0.2, 0) is 11.2 Å². The Labute approximate surface area is 123 Å². The predicted octanol–water partition coefficient (Wildman–Crippen LogP) is 3.31. The fraction of sp³-hybridized carbons (Fsp3) is 0.333. The number of hydrogen-bond acceptors (Lipinski definition) is 4. The Morgan fingerprint density at radius 2 is 2.15 bits per heavy atom. The van der Waals surface area contributed by atoms with E-state index in [2.05, 4.69) is 34.2 Å². The van der Waals surface area contributed by atoms with Crippen molar-refractivity contribution < 1.29 is 9.53 Å². The molecule has 0 aliphatic carbocycles. The second kappa shape index (κ2) is 7.75. The highest BCUT2D eigenvalue weighted by atomic mass is 32.2. The summed E-state index contributed by atoms with van der Waals surface area (Å²) in [6, 6.07) is 10.4. The van der Waals surface area contributed by atoms with E-state index < -0.39 is 0 Å². The third-order valence-corrected chi connectivity index (χ3v) is 3.71. The van der Waals surface area contributed by atoms with Crippen LogP contribution in [0, 0.1) is 0 Å². The van der Waals surface area contributed by atoms with E-state index in [1.807, 2.05) is 6.07 Å². The van der Waals surface area contributed by atoms with E-state index in [4.69, 9.17) is 4.74 Å². The maximum Gasteiger partial charge on any atom is 0.356 e. The van der Waals surface area contributed by atoms with Crippen LogP contribution < -0.4 is 0 Å². The van der Waals surface area contributed by atoms with Gasteiger partial charge in [-0.2, -0.15) is 0 Å². The van der Waals surface area contributed by atoms with Gasteiger partial charge in [-0.15, -0.1) is 0 Å². The molecule has 0 amide bonds. The standard InChI is InChI=1S/C15H18N2O2S/c1-2-19-14(18)13-11-16-15(17-13)20-10-6-9-12-7-4-3-5-8-12/h3-5,7-8,11H,2,6,9-10H2,1H3,(H,16,17). The molecule has 5 heteroatoms. The molecule has 4 nitrogen and oxygen atoms in total. The molecule has 20 heavy (non-hydrogen) atoms. The van der Waals surface area contributed by atoms with Gasteiger partial charge in [-0.3, -0.25) is 0 Å². The smallest absolute Gasteiger partial charge is 0.356 e. The number of rotatable bonds is 7. The maximum absolute atomic E-state index is 11.5. The molecule has 1 N–H and O–H groups in total. The Balaban J connectivity index is 1.73. The summed E-state index contributed by atoms with van der Waals surface area (Å²) in [6.45, 7) is 2.16. The van der Waals surface area contributed by atoms with Gasteiger partial charge in [0.25, 0.3) is 0 Å². The van der Waals surface area contributed by atoms with Crippen LogP contribution in [0.3, 0.4) is 0 Å². The number of carbonyl (C=O) groups excluding carboxylic acids is 1. The number of ether oxygens (including phenoxy) is 1. The van der Waals surface area contributed by atoms with E-state index >= 15 is 0 Å². The molecule has 0 bridgehead atoms. The summed E-state index contributed by atoms with van der Waals surface area (Å²) in [4.78, 5) is 18.6. The lowest BCUT2D eigenvalue weighted by Gasteiger charge is -2.00. The van der Waals surface area contributed by atoms with Crippen LogP contribution in [0.1, 0.15) is 29.4 Å². The normalized spacial score (nSPS) is 10.4. The zero-order valence-corrected chi connectivity index (χ0v) is 12.3. The van der Waals surface area contributed by atoms with Gasteiger partial charge in [-0.05, 0) is 25.3 Å². The first-order chi connectivity index (χ1) is 9.79. The lowest BCUT2D eigenvalue weighted by Crippen LogP contribution is -2.04. The van der Waals surface area contributed by atoms with Crippen molar-refractivity contribution in [3.8, 4) is 0 Å². The minimum atomic E-state index is -0.351. The number of imidazole rings is 1. The minimum absolute atomic E-state index is 0.351. The molecule has 0 radical (unpaired) electrons. The predicted molar refractivity (Wildman–Crippen MR) is 80.0 cm³/mol. The van der Waals surface area contributed by atoms with Gasteiger partial charge in [0.05, 0.1) is 12.8 Å². The highest BCUT2D eigenvalue weighted by Gasteiger charge is 2.10. The Morgan fingerprint density at radius 1 is 1.35 bits per heavy atom. The second-order valence-electron chi connectivity index (χ2n) is 4.26. The van der Waals surface area contributed by atoms with Gasteiger partial charge in [-0.25, -0.2) is 9.78 Å². The number of nitrogens with zero attached hydrogens (tertiary/aromatic N) is 1. The van der Waals surface area contributed by atoms with Gasteiger partial charge in [0.15, 0.2) is 5.16 Å². The quantitative estimate of drug-likeness (QED) is 0.483. The number of nitrogens with one attached hydrogen (secondary N) is 1. The van der Waals surface area contributed by atoms with Gasteiger partial charge >= 0.3 is 5.97 Å². The highest BCUT2D eigenvalue weighted by Crippen LogP contribution is 2.16. The Kier molecular flexibility index (Phi) is 5.68. The highest BCUT2D eigenvalue weighted by molar-refractivity contribution is 7.99. The van der Waals surface area contributed by atoms with Gasteiger partial charge in [0.1, 0.15) is 5.69 Å². The van der Waals surface area contributed by atoms with Crippen molar-refractivity contribution in [1.82, 2.24) is 9.97 Å². The first-order valence-electron chi connectivity index (χ1n) is 6.68. The monoisotopic (exact) mass is 290 g/mol. The zero-order chi connectivity index (χ0) is 14.2. The summed E-state index contributed by atoms with van der Waals surface area (Å²) in [6.07, 6.45) is 3.65. The van der Waals surface area contributed by atoms with E-state index in [9.17, 15) is 4.79 Å². The maximum atomic E-state index is 11.5. The average Bonchev–Trinajstić information content (AvgIpc) is 2.94. The van der Waals surface area contributed by atoms with Gasteiger partial charge in [0, 0.05) is 5.75 Å². The Hall–Kier alpha value is -1.75. The number of H-pyrrole nitrogens is 1. The van der Waals surface area contributed by atoms with E-state index in [-0.39, 0.29) is 5.97 Å². The second-order valence-corrected chi connectivity index (χ2v) is 5.34. The number of carbonyl (C=O) groups is 1. The van der Waals surface area contributed by atoms with Crippen LogP contribution in [0.5, 0.6) is 0 Å². The molecule has 1 heterocycles. The lowest BCUT2D eigenvalue weighted by atomic mass is 10.1. The third-order valence-electron chi connectivity index (χ3n) is 2.74. The van der Waals surface area contributed by atoms with Crippen molar-refractivity contribution in [3.05, 3.63) is 47.8 Å². The SMILES string of the molecule is CCOC(=O)c1cnc(SCCCc2ccccc2)[nH]1. The fourth-order valence-corrected chi connectivity index (χ4v) is 2.57. The number of esters is 1. The molecule has 0 saturated heterocycles. The topological polar surface area (TPSA) is 55.0 Å². The van der Waals surface area contributed by atoms with Crippen molar-refractivity contribution in [2.24, 2.45) is 0 Å². The first-order valence-corrected chi connectivity index (χ1v) is 7.67. The Bertz CT molecular complexity index is 540. The van der Waals surface area contributed by atoms with Gasteiger partial charge in [-0.1, -0.05) is 42.1 Å². The Morgan fingerprint density at radius 3 is 2.90 bits per heavy atom. The molecular formula is C15H18N2O2S. The molecule has 0 atom stereocenters. The third kappa shape index (κ3) is 4.42. The molecule has 0 spiro atoms. The molecule has 2 aromatic rings. The van der Waals surface area contributed by atoms with Crippen LogP contribution in [0.15, 0.2) is 41.7 Å². The molecule has 0 fully saturated rings. The molecule has 0 aliphatic rings. The fourth-order valence-electron chi connectivity index (χ4n) is 1.78. The summed E-state index contributed by atoms with van der Waals surface area (Å²) in [5.41, 5.74) is 1.76. The van der Waals surface area contributed by atoms with Crippen LogP contribution >= 0.6 is 11.8 Å². The molecule has 1 aromatic carbocycles. The summed E-state index contributed by atoms with van der Waals surface area (Å²) >= 11 is 1.62. The number of aromatic amines is 1. The number of aryl methyl sites for hydroxylation is 1. The van der Waals surface area contributed by atoms with Crippen molar-refractivity contribution >= 4 is 17.7 Å². The average molecular weight is 290 g/mol. The first kappa shape index (κ1) is 14.7. The van der Waals surface area contributed by atoms with E-state index in [0.717, 1.165) is 23.8 Å². The van der Waals surface area contributed by atoms with Crippen LogP contribution in [-0.4, -0.2) is 28.3 Å². The van der Waals surface area contributed by atoms with Crippen molar-refractivity contribution in [1.29, 1.82) is 0 Å². The lowest BCUT2D eigenvalue weighted by molar-refractivity contribution is 0.0519. The van der Waals surface area contributed by atoms with Gasteiger partial charge < -0.3 is 9.72 Å². The van der Waals surface area contributed by atoms with E-state index in [1.165, 1.54) is 11.8 Å². The molecule has 2 rings (SSSR count). The van der Waals surface area contributed by atoms with Crippen molar-refractivity contribution in [3.63, 3.8) is 0 Å². The number of aromatic nitrogens is 2. The number of benzene rings is 1. The summed E-state index contributed by atoms with van der Waals surface area (Å²) in [5, 5.41) is 0.765. The molecule has 0 aliphatic heterocycles. The zero-order valence-electron chi connectivity index (χ0n) is 11.5. The number of hydrogen-bond donors (Lipinski definition) is 1. The summed E-state index contributed by atoms with van der Waals surface area (Å²) in [7, 11) is 0. The summed E-state index contributed by atoms with van der Waals surface area (Å²) in [5.74, 6) is 0.612. The largest absolute Gasteiger partial charge is 0.461 e. The molecule has 0 saturated carbocycles. The van der Waals surface area contributed by atoms with Crippen molar-refractivity contribution in [2.45, 2.75) is 24.9 Å². The van der Waals surface area contributed by atoms with E-state index in [0.29, 0.717) is 12.3 Å². The molecular weight excluding hydrogens is 272 g/mol. The van der Waals surface area contributed by atoms with Crippen molar-refractivity contribution in [2.75, 3.05) is 12.4 Å².